The van der Waals surface area contributed by atoms with E-state index in [9.17, 15) is 4.79 Å². The molecule has 0 aromatic rings. The maximum Gasteiger partial charge on any atom is 0.263 e. The van der Waals surface area contributed by atoms with Crippen LogP contribution in [0.15, 0.2) is 11.8 Å². The Morgan fingerprint density at radius 2 is 2.17 bits per heavy atom. The van der Waals surface area contributed by atoms with Gasteiger partial charge in [-0.15, -0.1) is 0 Å². The lowest BCUT2D eigenvalue weighted by Gasteiger charge is -2.22. The Bertz CT molecular complexity index is 339. The maximum atomic E-state index is 11.8. The molecule has 1 rings (SSSR count). The van der Waals surface area contributed by atoms with Gasteiger partial charge in [0.25, 0.3) is 5.91 Å². The molecule has 0 heterocycles. The topological polar surface area (TPSA) is 85.2 Å². The molecule has 0 bridgehead atoms. The molecule has 1 aliphatic carbocycles. The second-order valence-electron chi connectivity index (χ2n) is 4.74. The summed E-state index contributed by atoms with van der Waals surface area (Å²) in [5.74, 6) is -0.331. The smallest absolute Gasteiger partial charge is 0.263 e. The zero-order valence-corrected chi connectivity index (χ0v) is 10.8. The Hall–Kier alpha value is -1.54. The van der Waals surface area contributed by atoms with Crippen LogP contribution in [0.3, 0.4) is 0 Å². The fourth-order valence-electron chi connectivity index (χ4n) is 1.99. The summed E-state index contributed by atoms with van der Waals surface area (Å²) in [4.78, 5) is 11.8. The molecule has 1 amide bonds. The first-order valence-electron chi connectivity index (χ1n) is 6.46. The summed E-state index contributed by atoms with van der Waals surface area (Å²) in [7, 11) is 0. The number of nitriles is 1. The SMILES string of the molecule is CC(O)CN/C=C(/C#N)C(=O)NC1CCCCC1. The number of nitrogens with zero attached hydrogens (tertiary/aromatic N) is 1. The highest BCUT2D eigenvalue weighted by atomic mass is 16.3. The molecule has 0 radical (unpaired) electrons. The molecule has 0 saturated heterocycles. The molecule has 0 spiro atoms. The van der Waals surface area contributed by atoms with Crippen molar-refractivity contribution in [3.8, 4) is 6.07 Å². The van der Waals surface area contributed by atoms with Gasteiger partial charge in [-0.2, -0.15) is 5.26 Å². The maximum absolute atomic E-state index is 11.8. The van der Waals surface area contributed by atoms with Crippen LogP contribution in [0.1, 0.15) is 39.0 Å². The van der Waals surface area contributed by atoms with Gasteiger partial charge in [-0.05, 0) is 19.8 Å². The van der Waals surface area contributed by atoms with Crippen molar-refractivity contribution in [1.82, 2.24) is 10.6 Å². The predicted octanol–water partition coefficient (Wildman–Crippen LogP) is 0.813. The molecule has 0 aromatic heterocycles. The number of hydrogen-bond donors (Lipinski definition) is 3. The third-order valence-corrected chi connectivity index (χ3v) is 2.97. The van der Waals surface area contributed by atoms with E-state index in [0.29, 0.717) is 6.54 Å². The molecule has 0 aliphatic heterocycles. The highest BCUT2D eigenvalue weighted by Crippen LogP contribution is 2.17. The molecule has 0 aromatic carbocycles. The Kier molecular flexibility index (Phi) is 6.23. The van der Waals surface area contributed by atoms with Crippen molar-refractivity contribution in [2.45, 2.75) is 51.2 Å². The molecular weight excluding hydrogens is 230 g/mol. The first-order valence-corrected chi connectivity index (χ1v) is 6.46. The summed E-state index contributed by atoms with van der Waals surface area (Å²) in [5.41, 5.74) is 0.0567. The summed E-state index contributed by atoms with van der Waals surface area (Å²) >= 11 is 0. The molecule has 1 atom stereocenters. The van der Waals surface area contributed by atoms with Crippen LogP contribution < -0.4 is 10.6 Å². The highest BCUT2D eigenvalue weighted by Gasteiger charge is 2.17. The minimum Gasteiger partial charge on any atom is -0.392 e. The number of hydrogen-bond acceptors (Lipinski definition) is 4. The summed E-state index contributed by atoms with van der Waals surface area (Å²) in [6, 6.07) is 2.06. The third-order valence-electron chi connectivity index (χ3n) is 2.97. The Balaban J connectivity index is 2.43. The van der Waals surface area contributed by atoms with Crippen molar-refractivity contribution in [1.29, 1.82) is 5.26 Å². The zero-order chi connectivity index (χ0) is 13.4. The van der Waals surface area contributed by atoms with E-state index in [0.717, 1.165) is 25.7 Å². The van der Waals surface area contributed by atoms with Crippen molar-refractivity contribution < 1.29 is 9.90 Å². The normalized spacial score (nSPS) is 18.8. The lowest BCUT2D eigenvalue weighted by atomic mass is 9.95. The summed E-state index contributed by atoms with van der Waals surface area (Å²) in [6.07, 6.45) is 6.33. The molecule has 18 heavy (non-hydrogen) atoms. The molecular formula is C13H21N3O2. The van der Waals surface area contributed by atoms with Crippen LogP contribution in [0.4, 0.5) is 0 Å². The second-order valence-corrected chi connectivity index (χ2v) is 4.74. The second kappa shape index (κ2) is 7.72. The standard InChI is InChI=1S/C13H21N3O2/c1-10(17)8-15-9-11(7-14)13(18)16-12-5-3-2-4-6-12/h9-10,12,15,17H,2-6,8H2,1H3,(H,16,18)/b11-9-. The first-order chi connectivity index (χ1) is 8.63. The number of aliphatic hydroxyl groups is 1. The van der Waals surface area contributed by atoms with Crippen LogP contribution in [-0.2, 0) is 4.79 Å². The van der Waals surface area contributed by atoms with E-state index < -0.39 is 6.10 Å². The highest BCUT2D eigenvalue weighted by molar-refractivity contribution is 5.97. The molecule has 100 valence electrons. The summed E-state index contributed by atoms with van der Waals surface area (Å²) in [5, 5.41) is 23.6. The molecule has 5 heteroatoms. The van der Waals surface area contributed by atoms with Crippen LogP contribution in [-0.4, -0.2) is 29.7 Å². The van der Waals surface area contributed by atoms with Crippen LogP contribution in [0.2, 0.25) is 0 Å². The lowest BCUT2D eigenvalue weighted by molar-refractivity contribution is -0.118. The Morgan fingerprint density at radius 3 is 2.72 bits per heavy atom. The van der Waals surface area contributed by atoms with Crippen LogP contribution >= 0.6 is 0 Å². The average molecular weight is 251 g/mol. The monoisotopic (exact) mass is 251 g/mol. The lowest BCUT2D eigenvalue weighted by Crippen LogP contribution is -2.37. The van der Waals surface area contributed by atoms with Gasteiger partial charge in [-0.1, -0.05) is 19.3 Å². The van der Waals surface area contributed by atoms with Gasteiger partial charge in [0, 0.05) is 18.8 Å². The summed E-state index contributed by atoms with van der Waals surface area (Å²) in [6.45, 7) is 1.96. The number of carbonyl (C=O) groups excluding carboxylic acids is 1. The number of rotatable bonds is 5. The van der Waals surface area contributed by atoms with Gasteiger partial charge >= 0.3 is 0 Å². The van der Waals surface area contributed by atoms with Gasteiger partial charge in [0.15, 0.2) is 0 Å². The number of aliphatic hydroxyl groups excluding tert-OH is 1. The fraction of sp³-hybridized carbons (Fsp3) is 0.692. The molecule has 1 fully saturated rings. The summed E-state index contributed by atoms with van der Waals surface area (Å²) < 4.78 is 0. The van der Waals surface area contributed by atoms with Gasteiger partial charge in [0.05, 0.1) is 6.10 Å². The van der Waals surface area contributed by atoms with E-state index in [2.05, 4.69) is 10.6 Å². The van der Waals surface area contributed by atoms with Crippen molar-refractivity contribution >= 4 is 5.91 Å². The number of carbonyl (C=O) groups is 1. The van der Waals surface area contributed by atoms with Gasteiger partial charge in [0.1, 0.15) is 11.6 Å². The van der Waals surface area contributed by atoms with Crippen LogP contribution in [0, 0.1) is 11.3 Å². The van der Waals surface area contributed by atoms with Crippen molar-refractivity contribution in [2.24, 2.45) is 0 Å². The Morgan fingerprint density at radius 1 is 1.50 bits per heavy atom. The van der Waals surface area contributed by atoms with E-state index in [1.807, 2.05) is 6.07 Å². The van der Waals surface area contributed by atoms with Gasteiger partial charge in [-0.3, -0.25) is 4.79 Å². The average Bonchev–Trinajstić information content (AvgIpc) is 2.35. The third kappa shape index (κ3) is 5.19. The van der Waals surface area contributed by atoms with Gasteiger partial charge < -0.3 is 15.7 Å². The molecule has 1 saturated carbocycles. The first kappa shape index (κ1) is 14.5. The minimum absolute atomic E-state index is 0.0567. The van der Waals surface area contributed by atoms with Crippen molar-refractivity contribution in [3.05, 3.63) is 11.8 Å². The van der Waals surface area contributed by atoms with E-state index in [-0.39, 0.29) is 17.5 Å². The minimum atomic E-state index is -0.511. The van der Waals surface area contributed by atoms with Crippen molar-refractivity contribution in [3.63, 3.8) is 0 Å². The number of nitrogens with one attached hydrogen (secondary N) is 2. The van der Waals surface area contributed by atoms with Crippen molar-refractivity contribution in [2.75, 3.05) is 6.54 Å². The molecule has 5 nitrogen and oxygen atoms in total. The largest absolute Gasteiger partial charge is 0.392 e. The van der Waals surface area contributed by atoms with E-state index in [4.69, 9.17) is 10.4 Å². The van der Waals surface area contributed by atoms with E-state index in [1.54, 1.807) is 6.92 Å². The van der Waals surface area contributed by atoms with Crippen LogP contribution in [0.5, 0.6) is 0 Å². The molecule has 1 unspecified atom stereocenters. The van der Waals surface area contributed by atoms with E-state index >= 15 is 0 Å². The van der Waals surface area contributed by atoms with Crippen LogP contribution in [0.25, 0.3) is 0 Å². The molecule has 3 N–H and O–H groups in total. The fourth-order valence-corrected chi connectivity index (χ4v) is 1.99. The quantitative estimate of drug-likeness (QED) is 0.498. The van der Waals surface area contributed by atoms with Gasteiger partial charge in [-0.25, -0.2) is 0 Å². The Labute approximate surface area is 108 Å². The predicted molar refractivity (Wildman–Crippen MR) is 68.4 cm³/mol. The van der Waals surface area contributed by atoms with E-state index in [1.165, 1.54) is 12.6 Å². The molecule has 1 aliphatic rings. The zero-order valence-electron chi connectivity index (χ0n) is 10.8. The number of amides is 1. The van der Waals surface area contributed by atoms with Gasteiger partial charge in [0.2, 0.25) is 0 Å².